The number of aromatic nitrogens is 2. The third-order valence-corrected chi connectivity index (χ3v) is 2.84. The molecule has 17 heavy (non-hydrogen) atoms. The molecule has 5 heteroatoms. The monoisotopic (exact) mass is 237 g/mol. The first-order chi connectivity index (χ1) is 8.08. The summed E-state index contributed by atoms with van der Waals surface area (Å²) in [6.07, 6.45) is 6.13. The van der Waals surface area contributed by atoms with Crippen molar-refractivity contribution in [1.29, 1.82) is 0 Å². The molecule has 0 unspecified atom stereocenters. The zero-order valence-electron chi connectivity index (χ0n) is 10.3. The standard InChI is InChI=1S/C12H19N3O2/c1-9(2)13-11(16)5-6-14-7-8-15(12(14)17)10-3-4-10/h7-10H,3-6H2,1-2H3,(H,13,16). The predicted molar refractivity (Wildman–Crippen MR) is 64.9 cm³/mol. The van der Waals surface area contributed by atoms with Crippen LogP contribution in [0.3, 0.4) is 0 Å². The lowest BCUT2D eigenvalue weighted by molar-refractivity contribution is -0.121. The van der Waals surface area contributed by atoms with Crippen LogP contribution in [0.5, 0.6) is 0 Å². The van der Waals surface area contributed by atoms with Crippen molar-refractivity contribution in [2.45, 2.75) is 51.7 Å². The van der Waals surface area contributed by atoms with Crippen molar-refractivity contribution >= 4 is 5.91 Å². The van der Waals surface area contributed by atoms with Crippen LogP contribution in [0.15, 0.2) is 17.2 Å². The van der Waals surface area contributed by atoms with Gasteiger partial charge < -0.3 is 5.32 Å². The van der Waals surface area contributed by atoms with Crippen LogP contribution in [-0.4, -0.2) is 21.1 Å². The fourth-order valence-corrected chi connectivity index (χ4v) is 1.85. The van der Waals surface area contributed by atoms with E-state index in [9.17, 15) is 9.59 Å². The lowest BCUT2D eigenvalue weighted by Gasteiger charge is -2.07. The zero-order valence-corrected chi connectivity index (χ0v) is 10.3. The molecular formula is C12H19N3O2. The molecule has 0 saturated heterocycles. The molecule has 0 aliphatic heterocycles. The van der Waals surface area contributed by atoms with Crippen LogP contribution in [0.1, 0.15) is 39.2 Å². The molecule has 5 nitrogen and oxygen atoms in total. The number of carbonyl (C=O) groups is 1. The third kappa shape index (κ3) is 2.99. The summed E-state index contributed by atoms with van der Waals surface area (Å²) >= 11 is 0. The largest absolute Gasteiger partial charge is 0.354 e. The van der Waals surface area contributed by atoms with E-state index in [4.69, 9.17) is 0 Å². The van der Waals surface area contributed by atoms with Crippen LogP contribution in [-0.2, 0) is 11.3 Å². The molecule has 0 spiro atoms. The van der Waals surface area contributed by atoms with Crippen LogP contribution >= 0.6 is 0 Å². The van der Waals surface area contributed by atoms with Gasteiger partial charge in [0.2, 0.25) is 5.91 Å². The third-order valence-electron chi connectivity index (χ3n) is 2.84. The minimum absolute atomic E-state index is 0.00449. The van der Waals surface area contributed by atoms with Gasteiger partial charge in [-0.25, -0.2) is 4.79 Å². The number of amides is 1. The number of rotatable bonds is 5. The summed E-state index contributed by atoms with van der Waals surface area (Å²) in [6, 6.07) is 0.545. The molecule has 1 aliphatic rings. The van der Waals surface area contributed by atoms with Gasteiger partial charge in [-0.15, -0.1) is 0 Å². The number of nitrogens with zero attached hydrogens (tertiary/aromatic N) is 2. The van der Waals surface area contributed by atoms with Crippen molar-refractivity contribution in [1.82, 2.24) is 14.5 Å². The molecule has 1 aromatic heterocycles. The van der Waals surface area contributed by atoms with Crippen molar-refractivity contribution in [3.63, 3.8) is 0 Å². The van der Waals surface area contributed by atoms with E-state index in [1.807, 2.05) is 20.0 Å². The lowest BCUT2D eigenvalue weighted by Crippen LogP contribution is -2.32. The number of carbonyl (C=O) groups excluding carboxylic acids is 1. The molecular weight excluding hydrogens is 218 g/mol. The molecule has 1 N–H and O–H groups in total. The fraction of sp³-hybridized carbons (Fsp3) is 0.667. The van der Waals surface area contributed by atoms with E-state index in [2.05, 4.69) is 5.32 Å². The summed E-state index contributed by atoms with van der Waals surface area (Å²) in [7, 11) is 0. The summed E-state index contributed by atoms with van der Waals surface area (Å²) in [4.78, 5) is 23.3. The van der Waals surface area contributed by atoms with Gasteiger partial charge in [0, 0.05) is 37.4 Å². The van der Waals surface area contributed by atoms with Crippen LogP contribution in [0.4, 0.5) is 0 Å². The summed E-state index contributed by atoms with van der Waals surface area (Å²) < 4.78 is 3.37. The molecule has 1 saturated carbocycles. The Hall–Kier alpha value is -1.52. The second-order valence-corrected chi connectivity index (χ2v) is 4.88. The van der Waals surface area contributed by atoms with Gasteiger partial charge in [0.1, 0.15) is 0 Å². The van der Waals surface area contributed by atoms with E-state index in [0.717, 1.165) is 12.8 Å². The van der Waals surface area contributed by atoms with Crippen LogP contribution in [0.25, 0.3) is 0 Å². The van der Waals surface area contributed by atoms with Gasteiger partial charge in [0.05, 0.1) is 0 Å². The number of aryl methyl sites for hydroxylation is 1. The summed E-state index contributed by atoms with van der Waals surface area (Å²) in [6.45, 7) is 4.30. The van der Waals surface area contributed by atoms with Crippen LogP contribution < -0.4 is 11.0 Å². The normalized spacial score (nSPS) is 15.2. The van der Waals surface area contributed by atoms with Crippen molar-refractivity contribution in [3.8, 4) is 0 Å². The van der Waals surface area contributed by atoms with Gasteiger partial charge in [-0.05, 0) is 26.7 Å². The highest BCUT2D eigenvalue weighted by Crippen LogP contribution is 2.33. The van der Waals surface area contributed by atoms with Crippen molar-refractivity contribution in [2.75, 3.05) is 0 Å². The summed E-state index contributed by atoms with van der Waals surface area (Å²) in [5.41, 5.74) is 0.00449. The van der Waals surface area contributed by atoms with Gasteiger partial charge >= 0.3 is 5.69 Å². The molecule has 1 amide bonds. The minimum Gasteiger partial charge on any atom is -0.354 e. The van der Waals surface area contributed by atoms with Gasteiger partial charge in [0.15, 0.2) is 0 Å². The Bertz CT molecular complexity index is 455. The predicted octanol–water partition coefficient (Wildman–Crippen LogP) is 0.899. The molecule has 94 valence electrons. The first-order valence-corrected chi connectivity index (χ1v) is 6.14. The maximum absolute atomic E-state index is 11.9. The van der Waals surface area contributed by atoms with Gasteiger partial charge in [-0.3, -0.25) is 13.9 Å². The molecule has 0 bridgehead atoms. The van der Waals surface area contributed by atoms with Crippen LogP contribution in [0, 0.1) is 0 Å². The second kappa shape index (κ2) is 4.77. The maximum Gasteiger partial charge on any atom is 0.328 e. The first kappa shape index (κ1) is 12.0. The van der Waals surface area contributed by atoms with Gasteiger partial charge in [-0.2, -0.15) is 0 Å². The first-order valence-electron chi connectivity index (χ1n) is 6.14. The highest BCUT2D eigenvalue weighted by molar-refractivity contribution is 5.76. The highest BCUT2D eigenvalue weighted by Gasteiger charge is 2.25. The van der Waals surface area contributed by atoms with E-state index < -0.39 is 0 Å². The van der Waals surface area contributed by atoms with Crippen LogP contribution in [0.2, 0.25) is 0 Å². The van der Waals surface area contributed by atoms with E-state index in [-0.39, 0.29) is 17.6 Å². The molecule has 1 fully saturated rings. The fourth-order valence-electron chi connectivity index (χ4n) is 1.85. The summed E-state index contributed by atoms with van der Waals surface area (Å²) in [5, 5.41) is 2.81. The molecule has 0 atom stereocenters. The Morgan fingerprint density at radius 1 is 1.47 bits per heavy atom. The smallest absolute Gasteiger partial charge is 0.328 e. The number of hydrogen-bond donors (Lipinski definition) is 1. The Morgan fingerprint density at radius 3 is 2.76 bits per heavy atom. The molecule has 1 heterocycles. The van der Waals surface area contributed by atoms with Gasteiger partial charge in [0.25, 0.3) is 0 Å². The number of hydrogen-bond acceptors (Lipinski definition) is 2. The molecule has 0 radical (unpaired) electrons. The average molecular weight is 237 g/mol. The lowest BCUT2D eigenvalue weighted by atomic mass is 10.3. The van der Waals surface area contributed by atoms with E-state index in [1.54, 1.807) is 15.3 Å². The Balaban J connectivity index is 1.91. The SMILES string of the molecule is CC(C)NC(=O)CCn1ccn(C2CC2)c1=O. The average Bonchev–Trinajstić information content (AvgIpc) is 3.00. The summed E-state index contributed by atoms with van der Waals surface area (Å²) in [5.74, 6) is -0.00827. The minimum atomic E-state index is -0.00827. The van der Waals surface area contributed by atoms with E-state index in [0.29, 0.717) is 19.0 Å². The Morgan fingerprint density at radius 2 is 2.18 bits per heavy atom. The molecule has 2 rings (SSSR count). The molecule has 1 aliphatic carbocycles. The quantitative estimate of drug-likeness (QED) is 0.827. The van der Waals surface area contributed by atoms with E-state index in [1.165, 1.54) is 0 Å². The van der Waals surface area contributed by atoms with E-state index >= 15 is 0 Å². The van der Waals surface area contributed by atoms with Crippen molar-refractivity contribution < 1.29 is 4.79 Å². The second-order valence-electron chi connectivity index (χ2n) is 4.88. The molecule has 1 aromatic rings. The Kier molecular flexibility index (Phi) is 3.36. The number of imidazole rings is 1. The maximum atomic E-state index is 11.9. The van der Waals surface area contributed by atoms with Crippen molar-refractivity contribution in [3.05, 3.63) is 22.9 Å². The zero-order chi connectivity index (χ0) is 12.4. The highest BCUT2D eigenvalue weighted by atomic mass is 16.2. The Labute approximate surface area is 100 Å². The van der Waals surface area contributed by atoms with Gasteiger partial charge in [-0.1, -0.05) is 0 Å². The van der Waals surface area contributed by atoms with Crippen molar-refractivity contribution in [2.24, 2.45) is 0 Å². The number of nitrogens with one attached hydrogen (secondary N) is 1. The molecule has 0 aromatic carbocycles. The topological polar surface area (TPSA) is 56.0 Å².